The molecule has 0 saturated heterocycles. The van der Waals surface area contributed by atoms with Crippen LogP contribution in [0.15, 0.2) is 33.3 Å². The van der Waals surface area contributed by atoms with Gasteiger partial charge in [-0.1, -0.05) is 25.3 Å². The lowest BCUT2D eigenvalue weighted by Crippen LogP contribution is -2.27. The zero-order valence-electron chi connectivity index (χ0n) is 13.2. The van der Waals surface area contributed by atoms with E-state index in [9.17, 15) is 4.79 Å². The lowest BCUT2D eigenvalue weighted by atomic mass is 9.82. The number of fused-ring (bicyclic) bond motifs is 1. The second-order valence-electron chi connectivity index (χ2n) is 5.63. The number of nitrogens with one attached hydrogen (secondary N) is 1. The van der Waals surface area contributed by atoms with Crippen LogP contribution in [0.4, 0.5) is 4.79 Å². The van der Waals surface area contributed by atoms with Crippen LogP contribution in [0.5, 0.6) is 0 Å². The first-order valence-corrected chi connectivity index (χ1v) is 7.86. The van der Waals surface area contributed by atoms with Crippen molar-refractivity contribution in [2.45, 2.75) is 58.5 Å². The van der Waals surface area contributed by atoms with Gasteiger partial charge < -0.3 is 10.1 Å². The highest BCUT2D eigenvalue weighted by atomic mass is 16.6. The van der Waals surface area contributed by atoms with Crippen LogP contribution in [0.1, 0.15) is 52.4 Å². The molecule has 2 atom stereocenters. The SMILES string of the molecule is C/C=C1\N=NC(C(C)OC(=O)NC)=C2CCCCCCC21. The zero-order valence-corrected chi connectivity index (χ0v) is 13.2. The maximum atomic E-state index is 11.4. The van der Waals surface area contributed by atoms with Gasteiger partial charge in [-0.3, -0.25) is 0 Å². The summed E-state index contributed by atoms with van der Waals surface area (Å²) < 4.78 is 5.35. The van der Waals surface area contributed by atoms with Gasteiger partial charge in [0.15, 0.2) is 0 Å². The predicted octanol–water partition coefficient (Wildman–Crippen LogP) is 4.33. The van der Waals surface area contributed by atoms with Crippen molar-refractivity contribution in [2.75, 3.05) is 7.05 Å². The molecule has 2 unspecified atom stereocenters. The molecule has 0 aromatic carbocycles. The maximum absolute atomic E-state index is 11.4. The monoisotopic (exact) mass is 291 g/mol. The van der Waals surface area contributed by atoms with E-state index in [1.54, 1.807) is 7.05 Å². The van der Waals surface area contributed by atoms with E-state index in [1.807, 2.05) is 13.8 Å². The summed E-state index contributed by atoms with van der Waals surface area (Å²) >= 11 is 0. The van der Waals surface area contributed by atoms with Crippen molar-refractivity contribution in [1.82, 2.24) is 5.32 Å². The predicted molar refractivity (Wildman–Crippen MR) is 81.8 cm³/mol. The molecule has 5 nitrogen and oxygen atoms in total. The van der Waals surface area contributed by atoms with Crippen molar-refractivity contribution in [1.29, 1.82) is 0 Å². The Balaban J connectivity index is 2.29. The van der Waals surface area contributed by atoms with Gasteiger partial charge in [-0.15, -0.1) is 0 Å². The Labute approximate surface area is 126 Å². The van der Waals surface area contributed by atoms with Gasteiger partial charge in [0.25, 0.3) is 0 Å². The van der Waals surface area contributed by atoms with E-state index in [1.165, 1.54) is 31.3 Å². The van der Waals surface area contributed by atoms with E-state index in [0.29, 0.717) is 5.92 Å². The van der Waals surface area contributed by atoms with Crippen molar-refractivity contribution in [3.05, 3.63) is 23.0 Å². The van der Waals surface area contributed by atoms with Crippen molar-refractivity contribution >= 4 is 6.09 Å². The number of amides is 1. The van der Waals surface area contributed by atoms with Gasteiger partial charge in [-0.2, -0.15) is 10.2 Å². The molecule has 0 spiro atoms. The fourth-order valence-electron chi connectivity index (χ4n) is 3.12. The van der Waals surface area contributed by atoms with Crippen molar-refractivity contribution in [3.63, 3.8) is 0 Å². The first-order chi connectivity index (χ1) is 10.2. The maximum Gasteiger partial charge on any atom is 0.407 e. The van der Waals surface area contributed by atoms with Crippen LogP contribution in [-0.2, 0) is 4.74 Å². The number of azo groups is 1. The molecule has 0 bridgehead atoms. The molecule has 21 heavy (non-hydrogen) atoms. The molecule has 0 radical (unpaired) electrons. The molecule has 1 N–H and O–H groups in total. The van der Waals surface area contributed by atoms with Gasteiger partial charge in [0.05, 0.1) is 5.70 Å². The molecule has 0 aromatic rings. The van der Waals surface area contributed by atoms with E-state index < -0.39 is 6.09 Å². The fourth-order valence-corrected chi connectivity index (χ4v) is 3.12. The summed E-state index contributed by atoms with van der Waals surface area (Å²) in [5.41, 5.74) is 3.22. The Kier molecular flexibility index (Phi) is 5.53. The Morgan fingerprint density at radius 3 is 2.81 bits per heavy atom. The van der Waals surface area contributed by atoms with Gasteiger partial charge in [-0.05, 0) is 38.7 Å². The lowest BCUT2D eigenvalue weighted by molar-refractivity contribution is 0.122. The number of hydrogen-bond donors (Lipinski definition) is 1. The average molecular weight is 291 g/mol. The quantitative estimate of drug-likeness (QED) is 0.823. The molecule has 1 amide bonds. The standard InChI is InChI=1S/C16H25N3O2/c1-4-14-12-9-7-5-6-8-10-13(12)15(19-18-14)11(2)21-16(20)17-3/h4,11-12H,5-10H2,1-3H3,(H,17,20)/b14-4-. The van der Waals surface area contributed by atoms with Crippen LogP contribution in [-0.4, -0.2) is 19.2 Å². The van der Waals surface area contributed by atoms with Crippen LogP contribution < -0.4 is 5.32 Å². The van der Waals surface area contributed by atoms with E-state index in [2.05, 4.69) is 21.6 Å². The summed E-state index contributed by atoms with van der Waals surface area (Å²) in [7, 11) is 1.56. The summed E-state index contributed by atoms with van der Waals surface area (Å²) in [6.07, 6.45) is 8.36. The topological polar surface area (TPSA) is 63.1 Å². The highest BCUT2D eigenvalue weighted by Gasteiger charge is 2.30. The number of allylic oxidation sites excluding steroid dienone is 2. The first-order valence-electron chi connectivity index (χ1n) is 7.86. The number of rotatable bonds is 2. The Morgan fingerprint density at radius 2 is 2.10 bits per heavy atom. The largest absolute Gasteiger partial charge is 0.440 e. The minimum Gasteiger partial charge on any atom is -0.440 e. The van der Waals surface area contributed by atoms with Crippen LogP contribution in [0.2, 0.25) is 0 Å². The van der Waals surface area contributed by atoms with E-state index in [0.717, 1.165) is 24.2 Å². The zero-order chi connectivity index (χ0) is 15.2. The van der Waals surface area contributed by atoms with Gasteiger partial charge in [0.2, 0.25) is 0 Å². The molecule has 116 valence electrons. The number of carbonyl (C=O) groups excluding carboxylic acids is 1. The molecular formula is C16H25N3O2. The number of carbonyl (C=O) groups is 1. The van der Waals surface area contributed by atoms with Gasteiger partial charge >= 0.3 is 6.09 Å². The lowest BCUT2D eigenvalue weighted by Gasteiger charge is -2.29. The highest BCUT2D eigenvalue weighted by Crippen LogP contribution is 2.39. The van der Waals surface area contributed by atoms with Crippen molar-refractivity contribution in [3.8, 4) is 0 Å². The minimum absolute atomic E-state index is 0.346. The molecule has 1 aliphatic carbocycles. The molecule has 1 aliphatic heterocycles. The number of alkyl carbamates (subject to hydrolysis) is 1. The van der Waals surface area contributed by atoms with Crippen LogP contribution in [0.3, 0.4) is 0 Å². The summed E-state index contributed by atoms with van der Waals surface area (Å²) in [5, 5.41) is 11.2. The molecule has 1 fully saturated rings. The van der Waals surface area contributed by atoms with Gasteiger partial charge in [0, 0.05) is 13.0 Å². The number of ether oxygens (including phenoxy) is 1. The highest BCUT2D eigenvalue weighted by molar-refractivity contribution is 5.67. The smallest absolute Gasteiger partial charge is 0.407 e. The summed E-state index contributed by atoms with van der Waals surface area (Å²) in [5.74, 6) is 0.346. The van der Waals surface area contributed by atoms with Gasteiger partial charge in [0.1, 0.15) is 11.8 Å². The van der Waals surface area contributed by atoms with Crippen molar-refractivity contribution in [2.24, 2.45) is 16.1 Å². The number of nitrogens with zero attached hydrogens (tertiary/aromatic N) is 2. The van der Waals surface area contributed by atoms with Crippen LogP contribution in [0.25, 0.3) is 0 Å². The van der Waals surface area contributed by atoms with Crippen LogP contribution in [0, 0.1) is 5.92 Å². The number of hydrogen-bond acceptors (Lipinski definition) is 4. The molecule has 1 saturated carbocycles. The fraction of sp³-hybridized carbons (Fsp3) is 0.688. The van der Waals surface area contributed by atoms with E-state index >= 15 is 0 Å². The van der Waals surface area contributed by atoms with Gasteiger partial charge in [-0.25, -0.2) is 4.79 Å². The molecule has 2 rings (SSSR count). The first kappa shape index (κ1) is 15.7. The van der Waals surface area contributed by atoms with Crippen LogP contribution >= 0.6 is 0 Å². The second-order valence-corrected chi connectivity index (χ2v) is 5.63. The second kappa shape index (κ2) is 7.38. The third kappa shape index (κ3) is 3.71. The molecular weight excluding hydrogens is 266 g/mol. The van der Waals surface area contributed by atoms with E-state index in [-0.39, 0.29) is 6.10 Å². The van der Waals surface area contributed by atoms with E-state index in [4.69, 9.17) is 4.74 Å². The molecule has 2 aliphatic rings. The van der Waals surface area contributed by atoms with Crippen molar-refractivity contribution < 1.29 is 9.53 Å². The summed E-state index contributed by atoms with van der Waals surface area (Å²) in [6, 6.07) is 0. The Morgan fingerprint density at radius 1 is 1.33 bits per heavy atom. The third-order valence-corrected chi connectivity index (χ3v) is 4.24. The summed E-state index contributed by atoms with van der Waals surface area (Å²) in [6.45, 7) is 3.88. The summed E-state index contributed by atoms with van der Waals surface area (Å²) in [4.78, 5) is 11.4. The average Bonchev–Trinajstić information content (AvgIpc) is 2.46. The minimum atomic E-state index is -0.426. The third-order valence-electron chi connectivity index (χ3n) is 4.24. The normalized spacial score (nSPS) is 25.9. The Hall–Kier alpha value is -1.65. The molecule has 5 heteroatoms. The molecule has 0 aromatic heterocycles. The Bertz CT molecular complexity index is 480. The molecule has 1 heterocycles.